The van der Waals surface area contributed by atoms with Gasteiger partial charge in [0.05, 0.1) is 14.2 Å². The molecule has 1 N–H and O–H groups in total. The van der Waals surface area contributed by atoms with Gasteiger partial charge in [-0.2, -0.15) is 0 Å². The number of methoxy groups -OCH3 is 2. The molecule has 0 aliphatic carbocycles. The predicted octanol–water partition coefficient (Wildman–Crippen LogP) is 4.83. The molecule has 0 radical (unpaired) electrons. The van der Waals surface area contributed by atoms with Gasteiger partial charge in [-0.15, -0.1) is 12.4 Å². The number of hydrogen-bond donors (Lipinski definition) is 1. The summed E-state index contributed by atoms with van der Waals surface area (Å²) in [5, 5.41) is 4.12. The van der Waals surface area contributed by atoms with Crippen LogP contribution in [0.3, 0.4) is 0 Å². The highest BCUT2D eigenvalue weighted by Gasteiger charge is 2.05. The van der Waals surface area contributed by atoms with Gasteiger partial charge in [0.2, 0.25) is 0 Å². The molecule has 0 unspecified atom stereocenters. The molecule has 0 aromatic heterocycles. The van der Waals surface area contributed by atoms with Crippen molar-refractivity contribution in [3.05, 3.63) is 57.0 Å². The van der Waals surface area contributed by atoms with Gasteiger partial charge in [-0.1, -0.05) is 39.7 Å². The van der Waals surface area contributed by atoms with Crippen LogP contribution in [0.1, 0.15) is 11.1 Å². The van der Waals surface area contributed by atoms with E-state index < -0.39 is 0 Å². The fraction of sp³-hybridized carbons (Fsp3) is 0.250. The zero-order valence-corrected chi connectivity index (χ0v) is 15.5. The van der Waals surface area contributed by atoms with Crippen LogP contribution < -0.4 is 14.8 Å². The molecule has 0 saturated carbocycles. The molecule has 0 spiro atoms. The number of halogens is 3. The van der Waals surface area contributed by atoms with Gasteiger partial charge in [-0.25, -0.2) is 0 Å². The van der Waals surface area contributed by atoms with E-state index in [0.717, 1.165) is 38.7 Å². The first-order valence-electron chi connectivity index (χ1n) is 6.49. The van der Waals surface area contributed by atoms with Crippen LogP contribution in [0.25, 0.3) is 0 Å². The lowest BCUT2D eigenvalue weighted by Crippen LogP contribution is -2.13. The molecule has 0 aliphatic heterocycles. The van der Waals surface area contributed by atoms with E-state index in [1.807, 2.05) is 36.4 Å². The largest absolute Gasteiger partial charge is 0.493 e. The normalized spacial score (nSPS) is 10.0. The third-order valence-electron chi connectivity index (χ3n) is 3.11. The van der Waals surface area contributed by atoms with Crippen molar-refractivity contribution in [2.24, 2.45) is 0 Å². The second-order valence-electron chi connectivity index (χ2n) is 4.53. The van der Waals surface area contributed by atoms with E-state index in [-0.39, 0.29) is 12.4 Å². The van der Waals surface area contributed by atoms with Crippen LogP contribution in [0, 0.1) is 0 Å². The summed E-state index contributed by atoms with van der Waals surface area (Å²) < 4.78 is 11.5. The van der Waals surface area contributed by atoms with Gasteiger partial charge in [0.1, 0.15) is 0 Å². The Balaban J connectivity index is 0.00000242. The topological polar surface area (TPSA) is 30.5 Å². The number of benzene rings is 2. The highest BCUT2D eigenvalue weighted by Crippen LogP contribution is 2.27. The van der Waals surface area contributed by atoms with Crippen molar-refractivity contribution < 1.29 is 9.47 Å². The van der Waals surface area contributed by atoms with Gasteiger partial charge < -0.3 is 14.8 Å². The van der Waals surface area contributed by atoms with Gasteiger partial charge in [0, 0.05) is 22.6 Å². The molecule has 3 nitrogen and oxygen atoms in total. The second-order valence-corrected chi connectivity index (χ2v) is 5.85. The molecular formula is C16H18BrCl2NO2. The first-order valence-corrected chi connectivity index (χ1v) is 7.66. The van der Waals surface area contributed by atoms with E-state index in [2.05, 4.69) is 21.2 Å². The van der Waals surface area contributed by atoms with Crippen molar-refractivity contribution in [1.29, 1.82) is 0 Å². The number of rotatable bonds is 6. The lowest BCUT2D eigenvalue weighted by molar-refractivity contribution is 0.354. The van der Waals surface area contributed by atoms with E-state index in [1.165, 1.54) is 0 Å². The maximum Gasteiger partial charge on any atom is 0.161 e. The maximum atomic E-state index is 6.19. The summed E-state index contributed by atoms with van der Waals surface area (Å²) in [6, 6.07) is 11.8. The standard InChI is InChI=1S/C16H17BrClNO2.ClH/c1-20-15-6-3-11(7-16(15)21-2)9-19-10-12-4-5-13(17)8-14(12)18;/h3-8,19H,9-10H2,1-2H3;1H. The lowest BCUT2D eigenvalue weighted by Gasteiger charge is -2.11. The molecule has 0 fully saturated rings. The summed E-state index contributed by atoms with van der Waals surface area (Å²) in [6.45, 7) is 1.44. The first kappa shape index (κ1) is 19.1. The van der Waals surface area contributed by atoms with Crippen LogP contribution in [0.5, 0.6) is 11.5 Å². The fourth-order valence-corrected chi connectivity index (χ4v) is 2.74. The fourth-order valence-electron chi connectivity index (χ4n) is 2.00. The van der Waals surface area contributed by atoms with Crippen LogP contribution in [0.2, 0.25) is 5.02 Å². The van der Waals surface area contributed by atoms with Gasteiger partial charge >= 0.3 is 0 Å². The third-order valence-corrected chi connectivity index (χ3v) is 3.95. The van der Waals surface area contributed by atoms with E-state index in [9.17, 15) is 0 Å². The van der Waals surface area contributed by atoms with Gasteiger partial charge in [0.25, 0.3) is 0 Å². The molecule has 0 amide bonds. The lowest BCUT2D eigenvalue weighted by atomic mass is 10.2. The SMILES string of the molecule is COc1ccc(CNCc2ccc(Br)cc2Cl)cc1OC.Cl. The molecule has 0 bridgehead atoms. The third kappa shape index (κ3) is 5.06. The Bertz CT molecular complexity index is 623. The van der Waals surface area contributed by atoms with Crippen molar-refractivity contribution in [2.75, 3.05) is 14.2 Å². The number of hydrogen-bond acceptors (Lipinski definition) is 3. The van der Waals surface area contributed by atoms with Crippen molar-refractivity contribution in [3.63, 3.8) is 0 Å². The summed E-state index contributed by atoms with van der Waals surface area (Å²) in [7, 11) is 3.27. The van der Waals surface area contributed by atoms with Crippen LogP contribution in [-0.4, -0.2) is 14.2 Å². The molecular weight excluding hydrogens is 389 g/mol. The minimum absolute atomic E-state index is 0. The quantitative estimate of drug-likeness (QED) is 0.744. The summed E-state index contributed by atoms with van der Waals surface area (Å²) in [5.74, 6) is 1.47. The highest BCUT2D eigenvalue weighted by atomic mass is 79.9. The highest BCUT2D eigenvalue weighted by molar-refractivity contribution is 9.10. The van der Waals surface area contributed by atoms with Gasteiger partial charge in [-0.3, -0.25) is 0 Å². The Morgan fingerprint density at radius 1 is 1.00 bits per heavy atom. The molecule has 2 aromatic rings. The molecule has 6 heteroatoms. The Hall–Kier alpha value is -0.940. The summed E-state index contributed by atoms with van der Waals surface area (Å²) in [4.78, 5) is 0. The van der Waals surface area contributed by atoms with Crippen molar-refractivity contribution in [3.8, 4) is 11.5 Å². The molecule has 0 atom stereocenters. The monoisotopic (exact) mass is 405 g/mol. The molecule has 22 heavy (non-hydrogen) atoms. The summed E-state index contributed by atoms with van der Waals surface area (Å²) in [6.07, 6.45) is 0. The summed E-state index contributed by atoms with van der Waals surface area (Å²) in [5.41, 5.74) is 2.20. The Kier molecular flexibility index (Phi) is 8.04. The Morgan fingerprint density at radius 3 is 2.36 bits per heavy atom. The average molecular weight is 407 g/mol. The molecule has 2 aromatic carbocycles. The zero-order valence-electron chi connectivity index (χ0n) is 12.4. The number of ether oxygens (including phenoxy) is 2. The Morgan fingerprint density at radius 2 is 1.73 bits per heavy atom. The smallest absolute Gasteiger partial charge is 0.161 e. The van der Waals surface area contributed by atoms with Crippen LogP contribution >= 0.6 is 39.9 Å². The number of nitrogens with one attached hydrogen (secondary N) is 1. The minimum Gasteiger partial charge on any atom is -0.493 e. The average Bonchev–Trinajstić information content (AvgIpc) is 2.49. The van der Waals surface area contributed by atoms with E-state index in [4.69, 9.17) is 21.1 Å². The maximum absolute atomic E-state index is 6.19. The zero-order chi connectivity index (χ0) is 15.2. The van der Waals surface area contributed by atoms with Crippen LogP contribution in [0.15, 0.2) is 40.9 Å². The van der Waals surface area contributed by atoms with Crippen molar-refractivity contribution >= 4 is 39.9 Å². The minimum atomic E-state index is 0. The van der Waals surface area contributed by atoms with Gasteiger partial charge in [-0.05, 0) is 35.4 Å². The van der Waals surface area contributed by atoms with Crippen molar-refractivity contribution in [1.82, 2.24) is 5.32 Å². The van der Waals surface area contributed by atoms with Crippen LogP contribution in [-0.2, 0) is 13.1 Å². The molecule has 120 valence electrons. The van der Waals surface area contributed by atoms with E-state index in [0.29, 0.717) is 6.54 Å². The molecule has 0 saturated heterocycles. The van der Waals surface area contributed by atoms with Gasteiger partial charge in [0.15, 0.2) is 11.5 Å². The van der Waals surface area contributed by atoms with E-state index >= 15 is 0 Å². The predicted molar refractivity (Wildman–Crippen MR) is 96.5 cm³/mol. The molecule has 0 heterocycles. The van der Waals surface area contributed by atoms with Crippen LogP contribution in [0.4, 0.5) is 0 Å². The van der Waals surface area contributed by atoms with Crippen molar-refractivity contribution in [2.45, 2.75) is 13.1 Å². The van der Waals surface area contributed by atoms with E-state index in [1.54, 1.807) is 14.2 Å². The first-order chi connectivity index (χ1) is 10.1. The second kappa shape index (κ2) is 9.26. The Labute approximate surface area is 150 Å². The molecule has 2 rings (SSSR count). The summed E-state index contributed by atoms with van der Waals surface area (Å²) >= 11 is 9.59. The molecule has 0 aliphatic rings.